The standard InChI is InChI=1S/C23H26N4OS.C2H5NO.C2H7N/c24-20-12-21(28)19(11-18(20)22(25)15-3-1-2-4-15)23(26)27-17-7-5-14(6-8-17)16-9-10-29-13-16;3-1-2-4;1-2-3/h5-13,15,23,25,27-28H,1-4,24,26H2;2H,1,3H2;2-3H2,1H3. The van der Waals surface area contributed by atoms with Crippen molar-refractivity contribution in [3.8, 4) is 16.9 Å². The summed E-state index contributed by atoms with van der Waals surface area (Å²) in [5.74, 6) is 0.281. The third-order valence-electron chi connectivity index (χ3n) is 5.75. The molecular weight excluding hydrogens is 472 g/mol. The molecule has 0 spiro atoms. The predicted octanol–water partition coefficient (Wildman–Crippen LogP) is 4.44. The van der Waals surface area contributed by atoms with Gasteiger partial charge in [-0.25, -0.2) is 0 Å². The van der Waals surface area contributed by atoms with Crippen LogP contribution in [0.15, 0.2) is 53.2 Å². The summed E-state index contributed by atoms with van der Waals surface area (Å²) >= 11 is 1.67. The van der Waals surface area contributed by atoms with Gasteiger partial charge in [-0.3, -0.25) is 0 Å². The molecular formula is C27H38N6O2S. The molecule has 1 aromatic heterocycles. The van der Waals surface area contributed by atoms with Gasteiger partial charge in [-0.05, 0) is 65.5 Å². The van der Waals surface area contributed by atoms with E-state index in [0.29, 0.717) is 28.8 Å². The van der Waals surface area contributed by atoms with Crippen LogP contribution >= 0.6 is 11.3 Å². The van der Waals surface area contributed by atoms with Crippen molar-refractivity contribution in [3.05, 3.63) is 64.4 Å². The monoisotopic (exact) mass is 510 g/mol. The Balaban J connectivity index is 0.000000583. The summed E-state index contributed by atoms with van der Waals surface area (Å²) in [6, 6.07) is 13.4. The molecule has 3 aromatic rings. The second-order valence-corrected chi connectivity index (χ2v) is 9.20. The van der Waals surface area contributed by atoms with Crippen molar-refractivity contribution in [1.82, 2.24) is 0 Å². The van der Waals surface area contributed by atoms with Crippen LogP contribution in [-0.4, -0.2) is 30.2 Å². The van der Waals surface area contributed by atoms with Gasteiger partial charge in [-0.1, -0.05) is 31.9 Å². The minimum absolute atomic E-state index is 0.0420. The molecule has 1 atom stereocenters. The summed E-state index contributed by atoms with van der Waals surface area (Å²) in [6.45, 7) is 2.79. The summed E-state index contributed by atoms with van der Waals surface area (Å²) in [6.07, 6.45) is 4.39. The van der Waals surface area contributed by atoms with Gasteiger partial charge in [0.2, 0.25) is 0 Å². The van der Waals surface area contributed by atoms with Crippen molar-refractivity contribution in [1.29, 1.82) is 5.41 Å². The molecule has 8 nitrogen and oxygen atoms in total. The van der Waals surface area contributed by atoms with Crippen LogP contribution in [0.4, 0.5) is 11.4 Å². The highest BCUT2D eigenvalue weighted by Gasteiger charge is 2.24. The fourth-order valence-electron chi connectivity index (χ4n) is 3.98. The van der Waals surface area contributed by atoms with Crippen LogP contribution < -0.4 is 28.3 Å². The Morgan fingerprint density at radius 2 is 1.78 bits per heavy atom. The van der Waals surface area contributed by atoms with Gasteiger partial charge >= 0.3 is 0 Å². The SMILES string of the molecule is CCN.N=C(c1cc(C(N)Nc2ccc(-c3ccsc3)cc2)c(O)cc1N)C1CCCC1.NCC=O. The van der Waals surface area contributed by atoms with E-state index in [1.165, 1.54) is 11.6 Å². The molecule has 0 radical (unpaired) electrons. The number of aromatic hydroxyl groups is 1. The van der Waals surface area contributed by atoms with Gasteiger partial charge in [0.05, 0.1) is 0 Å². The van der Waals surface area contributed by atoms with E-state index in [0.717, 1.165) is 43.5 Å². The number of hydrogen-bond donors (Lipinski definition) is 7. The third kappa shape index (κ3) is 8.17. The van der Waals surface area contributed by atoms with E-state index in [1.54, 1.807) is 17.4 Å². The van der Waals surface area contributed by atoms with Gasteiger partial charge in [0.25, 0.3) is 0 Å². The van der Waals surface area contributed by atoms with Crippen molar-refractivity contribution in [2.24, 2.45) is 23.1 Å². The van der Waals surface area contributed by atoms with E-state index < -0.39 is 6.17 Å². The van der Waals surface area contributed by atoms with Crippen LogP contribution in [0, 0.1) is 11.3 Å². The molecule has 0 amide bonds. The zero-order chi connectivity index (χ0) is 26.5. The number of carbonyl (C=O) groups excluding carboxylic acids is 1. The molecule has 1 unspecified atom stereocenters. The Labute approximate surface area is 217 Å². The van der Waals surface area contributed by atoms with Crippen LogP contribution in [0.1, 0.15) is 49.9 Å². The first-order valence-corrected chi connectivity index (χ1v) is 13.0. The number of phenolic OH excluding ortho intramolecular Hbond substituents is 1. The van der Waals surface area contributed by atoms with Gasteiger partial charge in [-0.15, -0.1) is 0 Å². The minimum Gasteiger partial charge on any atom is -0.507 e. The number of nitrogen functional groups attached to an aromatic ring is 1. The Bertz CT molecular complexity index is 1080. The number of thiophene rings is 1. The van der Waals surface area contributed by atoms with E-state index in [9.17, 15) is 5.11 Å². The van der Waals surface area contributed by atoms with Gasteiger partial charge in [0.15, 0.2) is 0 Å². The van der Waals surface area contributed by atoms with Crippen molar-refractivity contribution in [2.75, 3.05) is 24.1 Å². The van der Waals surface area contributed by atoms with Crippen LogP contribution in [0.25, 0.3) is 11.1 Å². The van der Waals surface area contributed by atoms with Crippen molar-refractivity contribution >= 4 is 34.7 Å². The van der Waals surface area contributed by atoms with Crippen molar-refractivity contribution < 1.29 is 9.90 Å². The lowest BCUT2D eigenvalue weighted by Crippen LogP contribution is -2.21. The Hall–Kier alpha value is -3.24. The Morgan fingerprint density at radius 3 is 2.31 bits per heavy atom. The first-order chi connectivity index (χ1) is 17.4. The van der Waals surface area contributed by atoms with E-state index in [-0.39, 0.29) is 18.2 Å². The number of nitrogens with two attached hydrogens (primary N) is 4. The molecule has 0 bridgehead atoms. The highest BCUT2D eigenvalue weighted by atomic mass is 32.1. The lowest BCUT2D eigenvalue weighted by atomic mass is 9.92. The first-order valence-electron chi connectivity index (χ1n) is 12.1. The van der Waals surface area contributed by atoms with Crippen LogP contribution in [0.2, 0.25) is 0 Å². The number of rotatable bonds is 7. The maximum atomic E-state index is 10.4. The van der Waals surface area contributed by atoms with Crippen LogP contribution in [0.3, 0.4) is 0 Å². The number of nitrogens with one attached hydrogen (secondary N) is 2. The highest BCUT2D eigenvalue weighted by Crippen LogP contribution is 2.34. The number of carbonyl (C=O) groups is 1. The van der Waals surface area contributed by atoms with E-state index in [2.05, 4.69) is 27.9 Å². The van der Waals surface area contributed by atoms with Gasteiger partial charge < -0.3 is 43.6 Å². The molecule has 11 N–H and O–H groups in total. The van der Waals surface area contributed by atoms with E-state index >= 15 is 0 Å². The largest absolute Gasteiger partial charge is 0.507 e. The Kier molecular flexibility index (Phi) is 12.1. The fourth-order valence-corrected chi connectivity index (χ4v) is 4.65. The molecule has 2 aromatic carbocycles. The average Bonchev–Trinajstić information content (AvgIpc) is 3.60. The molecule has 1 aliphatic carbocycles. The van der Waals surface area contributed by atoms with Crippen molar-refractivity contribution in [3.63, 3.8) is 0 Å². The summed E-state index contributed by atoms with van der Waals surface area (Å²) in [4.78, 5) is 9.05. The molecule has 194 valence electrons. The third-order valence-corrected chi connectivity index (χ3v) is 6.43. The second-order valence-electron chi connectivity index (χ2n) is 8.42. The maximum absolute atomic E-state index is 10.4. The number of benzene rings is 2. The molecule has 1 heterocycles. The molecule has 0 saturated heterocycles. The second kappa shape index (κ2) is 15.0. The smallest absolute Gasteiger partial charge is 0.133 e. The first kappa shape index (κ1) is 29.0. The summed E-state index contributed by atoms with van der Waals surface area (Å²) in [7, 11) is 0. The maximum Gasteiger partial charge on any atom is 0.133 e. The molecule has 1 fully saturated rings. The zero-order valence-corrected chi connectivity index (χ0v) is 21.6. The summed E-state index contributed by atoms with van der Waals surface area (Å²) in [5, 5.41) is 26.4. The predicted molar refractivity (Wildman–Crippen MR) is 151 cm³/mol. The van der Waals surface area contributed by atoms with Gasteiger partial charge in [0.1, 0.15) is 18.2 Å². The quantitative estimate of drug-likeness (QED) is 0.106. The lowest BCUT2D eigenvalue weighted by Gasteiger charge is -2.20. The zero-order valence-electron chi connectivity index (χ0n) is 20.7. The van der Waals surface area contributed by atoms with Crippen LogP contribution in [-0.2, 0) is 4.79 Å². The average molecular weight is 511 g/mol. The molecule has 36 heavy (non-hydrogen) atoms. The van der Waals surface area contributed by atoms with Gasteiger partial charge in [-0.2, -0.15) is 11.3 Å². The van der Waals surface area contributed by atoms with Crippen molar-refractivity contribution in [2.45, 2.75) is 38.8 Å². The molecule has 1 aliphatic rings. The molecule has 0 aliphatic heterocycles. The molecule has 9 heteroatoms. The fraction of sp³-hybridized carbons (Fsp3) is 0.333. The summed E-state index contributed by atoms with van der Waals surface area (Å²) in [5.41, 5.74) is 27.4. The van der Waals surface area contributed by atoms with E-state index in [4.69, 9.17) is 27.4 Å². The number of phenols is 1. The van der Waals surface area contributed by atoms with E-state index in [1.807, 2.05) is 31.2 Å². The molecule has 4 rings (SSSR count). The number of hydrogen-bond acceptors (Lipinski definition) is 9. The minimum atomic E-state index is -0.613. The van der Waals surface area contributed by atoms with Gasteiger partial charge in [0, 0.05) is 46.7 Å². The lowest BCUT2D eigenvalue weighted by molar-refractivity contribution is -0.106. The highest BCUT2D eigenvalue weighted by molar-refractivity contribution is 7.08. The topological polar surface area (TPSA) is 177 Å². The van der Waals surface area contributed by atoms with Crippen LogP contribution in [0.5, 0.6) is 5.75 Å². The normalized spacial score (nSPS) is 13.6. The Morgan fingerprint density at radius 1 is 1.17 bits per heavy atom. The molecule has 1 saturated carbocycles. The number of aldehydes is 1. The number of anilines is 2. The summed E-state index contributed by atoms with van der Waals surface area (Å²) < 4.78 is 0.